The van der Waals surface area contributed by atoms with Crippen LogP contribution in [0.4, 0.5) is 0 Å². The van der Waals surface area contributed by atoms with Gasteiger partial charge in [0, 0.05) is 5.41 Å². The van der Waals surface area contributed by atoms with Gasteiger partial charge in [-0.2, -0.15) is 5.26 Å². The van der Waals surface area contributed by atoms with E-state index in [1.807, 2.05) is 6.07 Å². The van der Waals surface area contributed by atoms with Gasteiger partial charge < -0.3 is 0 Å². The normalized spacial score (nSPS) is 13.7. The lowest BCUT2D eigenvalue weighted by Crippen LogP contribution is -2.15. The predicted octanol–water partition coefficient (Wildman–Crippen LogP) is 8.15. The van der Waals surface area contributed by atoms with E-state index in [2.05, 4.69) is 106 Å². The Bertz CT molecular complexity index is 1560. The van der Waals surface area contributed by atoms with Gasteiger partial charge in [-0.25, -0.2) is 0 Å². The van der Waals surface area contributed by atoms with Crippen LogP contribution in [0.25, 0.3) is 43.8 Å². The van der Waals surface area contributed by atoms with Crippen molar-refractivity contribution in [1.82, 2.24) is 0 Å². The molecule has 6 rings (SSSR count). The van der Waals surface area contributed by atoms with E-state index < -0.39 is 0 Å². The highest BCUT2D eigenvalue weighted by atomic mass is 14.4. The fourth-order valence-corrected chi connectivity index (χ4v) is 5.62. The zero-order valence-electron chi connectivity index (χ0n) is 18.5. The van der Waals surface area contributed by atoms with Gasteiger partial charge in [0.05, 0.1) is 11.6 Å². The Labute approximate surface area is 188 Å². The summed E-state index contributed by atoms with van der Waals surface area (Å²) in [4.78, 5) is 0. The average Bonchev–Trinajstić information content (AvgIpc) is 3.05. The Morgan fingerprint density at radius 2 is 1.19 bits per heavy atom. The maximum atomic E-state index is 9.42. The van der Waals surface area contributed by atoms with Gasteiger partial charge in [0.1, 0.15) is 0 Å². The van der Waals surface area contributed by atoms with Crippen molar-refractivity contribution in [2.75, 3.05) is 0 Å². The van der Waals surface area contributed by atoms with E-state index in [4.69, 9.17) is 0 Å². The van der Waals surface area contributed by atoms with Crippen LogP contribution in [-0.2, 0) is 5.41 Å². The molecule has 0 heterocycles. The van der Waals surface area contributed by atoms with Crippen LogP contribution in [0.1, 0.15) is 36.1 Å². The molecule has 0 saturated heterocycles. The molecular weight excluding hydrogens is 386 g/mol. The molecule has 32 heavy (non-hydrogen) atoms. The fourth-order valence-electron chi connectivity index (χ4n) is 5.62. The van der Waals surface area contributed by atoms with Crippen LogP contribution >= 0.6 is 0 Å². The number of fused-ring (bicyclic) bond motifs is 5. The lowest BCUT2D eigenvalue weighted by molar-refractivity contribution is 0.660. The molecule has 1 nitrogen and oxygen atoms in total. The van der Waals surface area contributed by atoms with Crippen LogP contribution in [0.3, 0.4) is 0 Å². The van der Waals surface area contributed by atoms with E-state index in [-0.39, 0.29) is 5.41 Å². The van der Waals surface area contributed by atoms with E-state index in [0.29, 0.717) is 0 Å². The van der Waals surface area contributed by atoms with E-state index >= 15 is 0 Å². The molecule has 1 aliphatic rings. The van der Waals surface area contributed by atoms with Crippen molar-refractivity contribution in [3.05, 3.63) is 107 Å². The number of hydrogen-bond donors (Lipinski definition) is 0. The molecule has 1 heteroatoms. The third-order valence-electron chi connectivity index (χ3n) is 7.29. The third-order valence-corrected chi connectivity index (χ3v) is 7.29. The quantitative estimate of drug-likeness (QED) is 0.256. The topological polar surface area (TPSA) is 23.8 Å². The van der Waals surface area contributed by atoms with Gasteiger partial charge in [0.15, 0.2) is 0 Å². The predicted molar refractivity (Wildman–Crippen MR) is 134 cm³/mol. The van der Waals surface area contributed by atoms with Gasteiger partial charge in [0.2, 0.25) is 0 Å². The standard InChI is InChI=1S/C31H23N/c1-19-22-8-4-6-10-26(22)30(27-11-7-5-9-23(19)27)21-13-15-25-24-14-12-20(18-32)16-28(24)31(2,3)29(25)17-21/h4-17H,1-3H3. The van der Waals surface area contributed by atoms with Crippen molar-refractivity contribution in [3.63, 3.8) is 0 Å². The zero-order chi connectivity index (χ0) is 22.0. The highest BCUT2D eigenvalue weighted by Crippen LogP contribution is 2.50. The summed E-state index contributed by atoms with van der Waals surface area (Å²) in [6.45, 7) is 6.77. The summed E-state index contributed by atoms with van der Waals surface area (Å²) in [5.41, 5.74) is 9.54. The van der Waals surface area contributed by atoms with E-state index in [1.54, 1.807) is 0 Å². The smallest absolute Gasteiger partial charge is 0.0991 e. The number of hydrogen-bond acceptors (Lipinski definition) is 1. The van der Waals surface area contributed by atoms with Crippen LogP contribution in [0, 0.1) is 18.3 Å². The molecule has 0 fully saturated rings. The summed E-state index contributed by atoms with van der Waals surface area (Å²) in [5.74, 6) is 0. The van der Waals surface area contributed by atoms with E-state index in [9.17, 15) is 5.26 Å². The Morgan fingerprint density at radius 3 is 1.78 bits per heavy atom. The van der Waals surface area contributed by atoms with Crippen LogP contribution in [0.5, 0.6) is 0 Å². The highest BCUT2D eigenvalue weighted by Gasteiger charge is 2.36. The molecule has 0 atom stereocenters. The monoisotopic (exact) mass is 409 g/mol. The van der Waals surface area contributed by atoms with Crippen molar-refractivity contribution in [2.45, 2.75) is 26.2 Å². The maximum absolute atomic E-state index is 9.42. The number of nitriles is 1. The van der Waals surface area contributed by atoms with Gasteiger partial charge >= 0.3 is 0 Å². The van der Waals surface area contributed by atoms with Crippen LogP contribution < -0.4 is 0 Å². The molecule has 0 amide bonds. The van der Waals surface area contributed by atoms with Crippen molar-refractivity contribution in [1.29, 1.82) is 5.26 Å². The molecule has 5 aromatic carbocycles. The number of aryl methyl sites for hydroxylation is 1. The van der Waals surface area contributed by atoms with Crippen LogP contribution in [0.2, 0.25) is 0 Å². The zero-order valence-corrected chi connectivity index (χ0v) is 18.5. The summed E-state index contributed by atoms with van der Waals surface area (Å²) in [7, 11) is 0. The Balaban J connectivity index is 1.67. The lowest BCUT2D eigenvalue weighted by atomic mass is 9.80. The molecule has 0 spiro atoms. The molecule has 0 aliphatic heterocycles. The number of benzene rings is 5. The second-order valence-electron chi connectivity index (χ2n) is 9.35. The number of nitrogens with zero attached hydrogens (tertiary/aromatic N) is 1. The highest BCUT2D eigenvalue weighted by molar-refractivity contribution is 6.15. The Hall–Kier alpha value is -3.89. The molecule has 152 valence electrons. The minimum atomic E-state index is -0.149. The first-order valence-corrected chi connectivity index (χ1v) is 11.1. The molecule has 5 aromatic rings. The first kappa shape index (κ1) is 18.8. The van der Waals surface area contributed by atoms with E-state index in [1.165, 1.54) is 60.5 Å². The summed E-state index contributed by atoms with van der Waals surface area (Å²) in [6, 6.07) is 32.8. The van der Waals surface area contributed by atoms with Crippen molar-refractivity contribution >= 4 is 21.5 Å². The lowest BCUT2D eigenvalue weighted by Gasteiger charge is -2.23. The molecular formula is C31H23N. The van der Waals surface area contributed by atoms with Crippen molar-refractivity contribution < 1.29 is 0 Å². The molecule has 0 radical (unpaired) electrons. The second-order valence-corrected chi connectivity index (χ2v) is 9.35. The third kappa shape index (κ3) is 2.44. The fraction of sp³-hybridized carbons (Fsp3) is 0.129. The van der Waals surface area contributed by atoms with Crippen LogP contribution in [-0.4, -0.2) is 0 Å². The molecule has 0 bridgehead atoms. The minimum Gasteiger partial charge on any atom is -0.192 e. The second kappa shape index (κ2) is 6.55. The Kier molecular flexibility index (Phi) is 3.86. The first-order chi connectivity index (χ1) is 15.5. The van der Waals surface area contributed by atoms with Crippen LogP contribution in [0.15, 0.2) is 84.9 Å². The molecule has 0 aromatic heterocycles. The van der Waals surface area contributed by atoms with Gasteiger partial charge in [-0.3, -0.25) is 0 Å². The minimum absolute atomic E-state index is 0.149. The summed E-state index contributed by atoms with van der Waals surface area (Å²) >= 11 is 0. The van der Waals surface area contributed by atoms with Gasteiger partial charge in [-0.15, -0.1) is 0 Å². The molecule has 0 N–H and O–H groups in total. The van der Waals surface area contributed by atoms with Gasteiger partial charge in [-0.1, -0.05) is 80.6 Å². The molecule has 1 aliphatic carbocycles. The summed E-state index contributed by atoms with van der Waals surface area (Å²) in [6.07, 6.45) is 0. The van der Waals surface area contributed by atoms with Gasteiger partial charge in [-0.05, 0) is 85.6 Å². The summed E-state index contributed by atoms with van der Waals surface area (Å²) in [5, 5.41) is 14.6. The SMILES string of the molecule is Cc1c2ccccc2c(-c2ccc3c(c2)C(C)(C)c2cc(C#N)ccc2-3)c2ccccc12. The number of rotatable bonds is 1. The van der Waals surface area contributed by atoms with Crippen molar-refractivity contribution in [2.24, 2.45) is 0 Å². The van der Waals surface area contributed by atoms with E-state index in [0.717, 1.165) is 5.56 Å². The van der Waals surface area contributed by atoms with Gasteiger partial charge in [0.25, 0.3) is 0 Å². The average molecular weight is 410 g/mol. The largest absolute Gasteiger partial charge is 0.192 e. The summed E-state index contributed by atoms with van der Waals surface area (Å²) < 4.78 is 0. The maximum Gasteiger partial charge on any atom is 0.0991 e. The first-order valence-electron chi connectivity index (χ1n) is 11.1. The molecule has 0 unspecified atom stereocenters. The van der Waals surface area contributed by atoms with Crippen molar-refractivity contribution in [3.8, 4) is 28.3 Å². The Morgan fingerprint density at radius 1 is 0.656 bits per heavy atom. The molecule has 0 saturated carbocycles.